The molecule has 0 aromatic heterocycles. The normalized spacial score (nSPS) is 13.6. The average molecular weight is 288 g/mol. The summed E-state index contributed by atoms with van der Waals surface area (Å²) >= 11 is 6.01. The third-order valence-electron chi connectivity index (χ3n) is 3.22. The first-order valence-corrected chi connectivity index (χ1v) is 6.33. The molecule has 0 aliphatic carbocycles. The summed E-state index contributed by atoms with van der Waals surface area (Å²) in [5.41, 5.74) is 1.16. The van der Waals surface area contributed by atoms with Gasteiger partial charge in [-0.2, -0.15) is 4.74 Å². The van der Waals surface area contributed by atoms with Crippen LogP contribution < -0.4 is 4.74 Å². The molecular weight excluding hydrogens is 278 g/mol. The van der Waals surface area contributed by atoms with Gasteiger partial charge in [0.2, 0.25) is 5.69 Å². The molecule has 2 aromatic rings. The van der Waals surface area contributed by atoms with Crippen molar-refractivity contribution in [1.82, 2.24) is 0 Å². The maximum absolute atomic E-state index is 12.4. The molecule has 0 N–H and O–H groups in total. The van der Waals surface area contributed by atoms with Gasteiger partial charge in [-0.25, -0.2) is 0 Å². The van der Waals surface area contributed by atoms with Crippen molar-refractivity contribution in [2.45, 2.75) is 0 Å². The summed E-state index contributed by atoms with van der Waals surface area (Å²) in [6.45, 7) is 0. The van der Waals surface area contributed by atoms with Gasteiger partial charge in [0, 0.05) is 6.07 Å². The molecule has 0 atom stereocenters. The monoisotopic (exact) mass is 287 g/mol. The molecule has 3 rings (SSSR count). The smallest absolute Gasteiger partial charge is 0.273 e. The Morgan fingerprint density at radius 2 is 1.85 bits per heavy atom. The van der Waals surface area contributed by atoms with E-state index < -0.39 is 0 Å². The van der Waals surface area contributed by atoms with Crippen LogP contribution in [0.3, 0.4) is 0 Å². The van der Waals surface area contributed by atoms with Crippen LogP contribution in [0.5, 0.6) is 5.75 Å². The lowest BCUT2D eigenvalue weighted by molar-refractivity contribution is -0.355. The molecule has 2 aromatic carbocycles. The van der Waals surface area contributed by atoms with E-state index in [9.17, 15) is 10.0 Å². The minimum atomic E-state index is -0.356. The first kappa shape index (κ1) is 12.7. The molecule has 0 saturated heterocycles. The number of ketones is 1. The number of carbonyl (C=O) groups excluding carboxylic acids is 1. The molecule has 0 radical (unpaired) electrons. The summed E-state index contributed by atoms with van der Waals surface area (Å²) in [4.78, 5) is 12.4. The molecular formula is C15H10ClNO3. The molecule has 100 valence electrons. The highest BCUT2D eigenvalue weighted by atomic mass is 35.5. The van der Waals surface area contributed by atoms with Gasteiger partial charge in [-0.1, -0.05) is 17.7 Å². The quantitative estimate of drug-likeness (QED) is 0.630. The van der Waals surface area contributed by atoms with Crippen molar-refractivity contribution in [2.75, 3.05) is 7.11 Å². The van der Waals surface area contributed by atoms with Crippen LogP contribution in [0.4, 0.5) is 5.69 Å². The van der Waals surface area contributed by atoms with E-state index in [-0.39, 0.29) is 27.8 Å². The largest absolute Gasteiger partial charge is 0.618 e. The Kier molecular flexibility index (Phi) is 2.95. The van der Waals surface area contributed by atoms with Crippen molar-refractivity contribution < 1.29 is 14.3 Å². The van der Waals surface area contributed by atoms with Gasteiger partial charge in [0.15, 0.2) is 0 Å². The number of benzene rings is 2. The molecule has 1 aliphatic rings. The third kappa shape index (κ3) is 1.77. The van der Waals surface area contributed by atoms with Crippen molar-refractivity contribution in [1.29, 1.82) is 0 Å². The summed E-state index contributed by atoms with van der Waals surface area (Å²) < 4.78 is 5.69. The average Bonchev–Trinajstić information content (AvgIpc) is 2.72. The van der Waals surface area contributed by atoms with E-state index in [1.54, 1.807) is 49.6 Å². The highest BCUT2D eigenvalue weighted by molar-refractivity contribution is 6.54. The molecule has 0 spiro atoms. The molecule has 0 bridgehead atoms. The van der Waals surface area contributed by atoms with Crippen LogP contribution in [0, 0.1) is 5.21 Å². The Bertz CT molecular complexity index is 735. The Balaban J connectivity index is 2.14. The Morgan fingerprint density at radius 1 is 1.15 bits per heavy atom. The van der Waals surface area contributed by atoms with Crippen LogP contribution in [0.2, 0.25) is 5.02 Å². The number of hydrogen-bond acceptors (Lipinski definition) is 3. The maximum atomic E-state index is 12.4. The Morgan fingerprint density at radius 3 is 2.45 bits per heavy atom. The lowest BCUT2D eigenvalue weighted by atomic mass is 10.0. The van der Waals surface area contributed by atoms with E-state index in [4.69, 9.17) is 16.3 Å². The number of ether oxygens (including phenoxy) is 1. The molecule has 0 amide bonds. The van der Waals surface area contributed by atoms with Crippen molar-refractivity contribution >= 4 is 28.8 Å². The van der Waals surface area contributed by atoms with Crippen molar-refractivity contribution in [3.05, 3.63) is 63.8 Å². The molecule has 4 nitrogen and oxygen atoms in total. The second-order valence-corrected chi connectivity index (χ2v) is 4.74. The molecule has 0 saturated carbocycles. The van der Waals surface area contributed by atoms with E-state index in [2.05, 4.69) is 0 Å². The number of carbonyl (C=O) groups is 1. The van der Waals surface area contributed by atoms with E-state index in [1.165, 1.54) is 0 Å². The van der Waals surface area contributed by atoms with Crippen LogP contribution >= 0.6 is 11.6 Å². The van der Waals surface area contributed by atoms with Gasteiger partial charge in [-0.05, 0) is 30.3 Å². The van der Waals surface area contributed by atoms with Crippen LogP contribution in [-0.2, 0) is 0 Å². The molecule has 1 aliphatic heterocycles. The molecule has 0 unspecified atom stereocenters. The predicted octanol–water partition coefficient (Wildman–Crippen LogP) is 3.18. The van der Waals surface area contributed by atoms with Crippen molar-refractivity contribution in [2.24, 2.45) is 0 Å². The zero-order valence-electron chi connectivity index (χ0n) is 10.6. The fourth-order valence-corrected chi connectivity index (χ4v) is 2.49. The molecule has 0 fully saturated rings. The van der Waals surface area contributed by atoms with Gasteiger partial charge >= 0.3 is 0 Å². The van der Waals surface area contributed by atoms with Gasteiger partial charge in [0.05, 0.1) is 17.7 Å². The number of hydrogen-bond donors (Lipinski definition) is 0. The molecule has 1 heterocycles. The van der Waals surface area contributed by atoms with E-state index >= 15 is 0 Å². The molecule has 5 heteroatoms. The zero-order chi connectivity index (χ0) is 14.3. The SMILES string of the molecule is COc1ccc(C2=[N+]([O-])c3cccc(Cl)c3C2=O)cc1. The Hall–Kier alpha value is -2.33. The Labute approximate surface area is 120 Å². The van der Waals surface area contributed by atoms with Crippen molar-refractivity contribution in [3.8, 4) is 5.75 Å². The lowest BCUT2D eigenvalue weighted by Crippen LogP contribution is -2.16. The van der Waals surface area contributed by atoms with Gasteiger partial charge in [0.25, 0.3) is 11.5 Å². The number of rotatable bonds is 2. The summed E-state index contributed by atoms with van der Waals surface area (Å²) in [7, 11) is 1.55. The topological polar surface area (TPSA) is 52.4 Å². The zero-order valence-corrected chi connectivity index (χ0v) is 11.3. The molecule has 20 heavy (non-hydrogen) atoms. The number of fused-ring (bicyclic) bond motifs is 1. The van der Waals surface area contributed by atoms with Crippen LogP contribution in [-0.4, -0.2) is 23.3 Å². The van der Waals surface area contributed by atoms with Crippen LogP contribution in [0.1, 0.15) is 15.9 Å². The van der Waals surface area contributed by atoms with Crippen LogP contribution in [0.15, 0.2) is 42.5 Å². The van der Waals surface area contributed by atoms with Gasteiger partial charge in [-0.3, -0.25) is 4.79 Å². The number of Topliss-reactive ketones (excluding diaryl/α,β-unsaturated/α-hetero) is 1. The van der Waals surface area contributed by atoms with E-state index in [0.717, 1.165) is 0 Å². The predicted molar refractivity (Wildman–Crippen MR) is 76.2 cm³/mol. The summed E-state index contributed by atoms with van der Waals surface area (Å²) in [6.07, 6.45) is 0. The van der Waals surface area contributed by atoms with Crippen molar-refractivity contribution in [3.63, 3.8) is 0 Å². The van der Waals surface area contributed by atoms with E-state index in [1.807, 2.05) is 0 Å². The van der Waals surface area contributed by atoms with E-state index in [0.29, 0.717) is 16.1 Å². The fraction of sp³-hybridized carbons (Fsp3) is 0.0667. The minimum Gasteiger partial charge on any atom is -0.618 e. The third-order valence-corrected chi connectivity index (χ3v) is 3.53. The van der Waals surface area contributed by atoms with Gasteiger partial charge in [0.1, 0.15) is 11.3 Å². The highest BCUT2D eigenvalue weighted by Gasteiger charge is 2.38. The van der Waals surface area contributed by atoms with Gasteiger partial charge in [-0.15, -0.1) is 0 Å². The van der Waals surface area contributed by atoms with Gasteiger partial charge < -0.3 is 9.94 Å². The summed E-state index contributed by atoms with van der Waals surface area (Å²) in [5.74, 6) is 0.304. The minimum absolute atomic E-state index is 0.0794. The standard InChI is InChI=1S/C15H10ClNO3/c1-20-10-7-5-9(6-8-10)14-15(18)13-11(16)3-2-4-12(13)17(14)19/h2-8H,1H3. The first-order valence-electron chi connectivity index (χ1n) is 5.95. The number of nitrogens with zero attached hydrogens (tertiary/aromatic N) is 1. The summed E-state index contributed by atoms with van der Waals surface area (Å²) in [6, 6.07) is 11.6. The fourth-order valence-electron chi connectivity index (χ4n) is 2.24. The number of halogens is 1. The second kappa shape index (κ2) is 4.65. The summed E-state index contributed by atoms with van der Waals surface area (Å²) in [5, 5.41) is 12.6. The first-order chi connectivity index (χ1) is 9.63. The lowest BCUT2D eigenvalue weighted by Gasteiger charge is -2.03. The maximum Gasteiger partial charge on any atom is 0.273 e. The van der Waals surface area contributed by atoms with Crippen LogP contribution in [0.25, 0.3) is 0 Å². The highest BCUT2D eigenvalue weighted by Crippen LogP contribution is 2.33. The second-order valence-electron chi connectivity index (χ2n) is 4.33. The number of methoxy groups -OCH3 is 1.